The van der Waals surface area contributed by atoms with Crippen LogP contribution in [-0.4, -0.2) is 24.8 Å². The summed E-state index contributed by atoms with van der Waals surface area (Å²) < 4.78 is 10.3. The highest BCUT2D eigenvalue weighted by Gasteiger charge is 2.24. The SMILES string of the molecule is CC(=O)O[C@H](C)[C@H]1CCCO1. The first-order valence-electron chi connectivity index (χ1n) is 3.99. The lowest BCUT2D eigenvalue weighted by Gasteiger charge is -2.17. The Morgan fingerprint density at radius 3 is 2.91 bits per heavy atom. The van der Waals surface area contributed by atoms with Crippen molar-refractivity contribution in [2.45, 2.75) is 38.9 Å². The molecule has 0 unspecified atom stereocenters. The molecule has 0 aromatic heterocycles. The van der Waals surface area contributed by atoms with Gasteiger partial charge in [-0.25, -0.2) is 0 Å². The molecule has 11 heavy (non-hydrogen) atoms. The lowest BCUT2D eigenvalue weighted by Crippen LogP contribution is -2.26. The summed E-state index contributed by atoms with van der Waals surface area (Å²) in [4.78, 5) is 10.5. The fraction of sp³-hybridized carbons (Fsp3) is 0.875. The van der Waals surface area contributed by atoms with E-state index in [2.05, 4.69) is 0 Å². The predicted molar refractivity (Wildman–Crippen MR) is 40.2 cm³/mol. The van der Waals surface area contributed by atoms with E-state index in [9.17, 15) is 4.79 Å². The van der Waals surface area contributed by atoms with E-state index in [-0.39, 0.29) is 18.2 Å². The lowest BCUT2D eigenvalue weighted by molar-refractivity contribution is -0.151. The van der Waals surface area contributed by atoms with Crippen LogP contribution in [0.4, 0.5) is 0 Å². The van der Waals surface area contributed by atoms with Crippen LogP contribution in [0.5, 0.6) is 0 Å². The Morgan fingerprint density at radius 1 is 1.73 bits per heavy atom. The van der Waals surface area contributed by atoms with Crippen LogP contribution < -0.4 is 0 Å². The topological polar surface area (TPSA) is 35.5 Å². The molecule has 1 aliphatic heterocycles. The molecule has 0 amide bonds. The van der Waals surface area contributed by atoms with Crippen molar-refractivity contribution in [2.24, 2.45) is 0 Å². The van der Waals surface area contributed by atoms with Crippen LogP contribution in [0.25, 0.3) is 0 Å². The van der Waals surface area contributed by atoms with Gasteiger partial charge in [-0.1, -0.05) is 0 Å². The van der Waals surface area contributed by atoms with Crippen molar-refractivity contribution in [1.29, 1.82) is 0 Å². The van der Waals surface area contributed by atoms with E-state index >= 15 is 0 Å². The first-order chi connectivity index (χ1) is 5.20. The summed E-state index contributed by atoms with van der Waals surface area (Å²) in [5.74, 6) is -0.229. The van der Waals surface area contributed by atoms with Gasteiger partial charge in [0.25, 0.3) is 0 Å². The van der Waals surface area contributed by atoms with E-state index in [1.807, 2.05) is 6.92 Å². The van der Waals surface area contributed by atoms with Crippen molar-refractivity contribution in [1.82, 2.24) is 0 Å². The normalized spacial score (nSPS) is 26.5. The van der Waals surface area contributed by atoms with Gasteiger partial charge in [0.1, 0.15) is 6.10 Å². The molecule has 0 N–H and O–H groups in total. The molecule has 0 saturated carbocycles. The highest BCUT2D eigenvalue weighted by atomic mass is 16.6. The average molecular weight is 158 g/mol. The van der Waals surface area contributed by atoms with Crippen LogP contribution in [-0.2, 0) is 14.3 Å². The molecule has 2 atom stereocenters. The largest absolute Gasteiger partial charge is 0.460 e. The molecule has 3 heteroatoms. The second-order valence-corrected chi connectivity index (χ2v) is 2.87. The van der Waals surface area contributed by atoms with Crippen molar-refractivity contribution in [3.05, 3.63) is 0 Å². The van der Waals surface area contributed by atoms with Crippen LogP contribution in [0.1, 0.15) is 26.7 Å². The molecule has 0 aliphatic carbocycles. The van der Waals surface area contributed by atoms with E-state index in [1.54, 1.807) is 0 Å². The van der Waals surface area contributed by atoms with Crippen molar-refractivity contribution < 1.29 is 14.3 Å². The van der Waals surface area contributed by atoms with Gasteiger partial charge in [0.15, 0.2) is 0 Å². The average Bonchev–Trinajstić information content (AvgIpc) is 2.35. The van der Waals surface area contributed by atoms with Gasteiger partial charge >= 0.3 is 5.97 Å². The van der Waals surface area contributed by atoms with Crippen LogP contribution >= 0.6 is 0 Å². The van der Waals surface area contributed by atoms with Crippen LogP contribution in [0.3, 0.4) is 0 Å². The van der Waals surface area contributed by atoms with E-state index in [0.29, 0.717) is 0 Å². The Morgan fingerprint density at radius 2 is 2.45 bits per heavy atom. The van der Waals surface area contributed by atoms with E-state index in [4.69, 9.17) is 9.47 Å². The van der Waals surface area contributed by atoms with Gasteiger partial charge in [0.2, 0.25) is 0 Å². The quantitative estimate of drug-likeness (QED) is 0.565. The Labute approximate surface area is 66.7 Å². The third kappa shape index (κ3) is 2.50. The molecule has 0 aromatic carbocycles. The monoisotopic (exact) mass is 158 g/mol. The molecular weight excluding hydrogens is 144 g/mol. The van der Waals surface area contributed by atoms with Gasteiger partial charge in [-0.2, -0.15) is 0 Å². The van der Waals surface area contributed by atoms with Crippen molar-refractivity contribution in [3.8, 4) is 0 Å². The summed E-state index contributed by atoms with van der Waals surface area (Å²) >= 11 is 0. The highest BCUT2D eigenvalue weighted by Crippen LogP contribution is 2.17. The molecule has 0 aromatic rings. The zero-order chi connectivity index (χ0) is 8.27. The highest BCUT2D eigenvalue weighted by molar-refractivity contribution is 5.66. The third-order valence-corrected chi connectivity index (χ3v) is 1.84. The van der Waals surface area contributed by atoms with Gasteiger partial charge in [-0.3, -0.25) is 4.79 Å². The molecular formula is C8H14O3. The summed E-state index contributed by atoms with van der Waals surface area (Å²) in [6, 6.07) is 0. The Balaban J connectivity index is 2.28. The van der Waals surface area contributed by atoms with Gasteiger partial charge in [-0.05, 0) is 19.8 Å². The van der Waals surface area contributed by atoms with E-state index < -0.39 is 0 Å². The predicted octanol–water partition coefficient (Wildman–Crippen LogP) is 1.12. The molecule has 1 heterocycles. The standard InChI is InChI=1S/C8H14O3/c1-6(11-7(2)9)8-4-3-5-10-8/h6,8H,3-5H2,1-2H3/t6-,8-/m1/s1. The van der Waals surface area contributed by atoms with Crippen LogP contribution in [0.15, 0.2) is 0 Å². The number of carbonyl (C=O) groups is 1. The summed E-state index contributed by atoms with van der Waals surface area (Å²) in [5.41, 5.74) is 0. The fourth-order valence-corrected chi connectivity index (χ4v) is 1.31. The summed E-state index contributed by atoms with van der Waals surface area (Å²) in [6.45, 7) is 4.10. The number of hydrogen-bond donors (Lipinski definition) is 0. The maximum atomic E-state index is 10.5. The first-order valence-corrected chi connectivity index (χ1v) is 3.99. The molecule has 3 nitrogen and oxygen atoms in total. The molecule has 64 valence electrons. The van der Waals surface area contributed by atoms with Gasteiger partial charge < -0.3 is 9.47 Å². The van der Waals surface area contributed by atoms with Crippen LogP contribution in [0, 0.1) is 0 Å². The van der Waals surface area contributed by atoms with E-state index in [1.165, 1.54) is 6.92 Å². The molecule has 0 bridgehead atoms. The number of ether oxygens (including phenoxy) is 2. The first kappa shape index (κ1) is 8.53. The molecule has 0 radical (unpaired) electrons. The zero-order valence-corrected chi connectivity index (χ0v) is 7.00. The van der Waals surface area contributed by atoms with Crippen molar-refractivity contribution >= 4 is 5.97 Å². The number of carbonyl (C=O) groups excluding carboxylic acids is 1. The minimum atomic E-state index is -0.229. The molecule has 1 aliphatic rings. The second-order valence-electron chi connectivity index (χ2n) is 2.87. The zero-order valence-electron chi connectivity index (χ0n) is 7.00. The summed E-state index contributed by atoms with van der Waals surface area (Å²) in [6.07, 6.45) is 2.12. The van der Waals surface area contributed by atoms with Gasteiger partial charge in [-0.15, -0.1) is 0 Å². The molecule has 1 saturated heterocycles. The number of hydrogen-bond acceptors (Lipinski definition) is 3. The Hall–Kier alpha value is -0.570. The van der Waals surface area contributed by atoms with Gasteiger partial charge in [0, 0.05) is 13.5 Å². The number of rotatable bonds is 2. The maximum Gasteiger partial charge on any atom is 0.302 e. The smallest absolute Gasteiger partial charge is 0.302 e. The molecule has 0 spiro atoms. The summed E-state index contributed by atoms with van der Waals surface area (Å²) in [7, 11) is 0. The molecule has 1 rings (SSSR count). The van der Waals surface area contributed by atoms with E-state index in [0.717, 1.165) is 19.4 Å². The lowest BCUT2D eigenvalue weighted by atomic mass is 10.1. The Kier molecular flexibility index (Phi) is 2.88. The third-order valence-electron chi connectivity index (χ3n) is 1.84. The fourth-order valence-electron chi connectivity index (χ4n) is 1.31. The minimum Gasteiger partial charge on any atom is -0.460 e. The Bertz CT molecular complexity index is 138. The van der Waals surface area contributed by atoms with Gasteiger partial charge in [0.05, 0.1) is 6.10 Å². The second kappa shape index (κ2) is 3.72. The molecule has 1 fully saturated rings. The minimum absolute atomic E-state index is 0.0880. The van der Waals surface area contributed by atoms with Crippen LogP contribution in [0.2, 0.25) is 0 Å². The van der Waals surface area contributed by atoms with Crippen molar-refractivity contribution in [3.63, 3.8) is 0 Å². The summed E-state index contributed by atoms with van der Waals surface area (Å²) in [5, 5.41) is 0. The van der Waals surface area contributed by atoms with Crippen molar-refractivity contribution in [2.75, 3.05) is 6.61 Å². The maximum absolute atomic E-state index is 10.5. The number of esters is 1.